The Morgan fingerprint density at radius 3 is 2.55 bits per heavy atom. The molecule has 2 aromatic carbocycles. The monoisotopic (exact) mass is 437 g/mol. The Bertz CT molecular complexity index is 950. The van der Waals surface area contributed by atoms with E-state index in [9.17, 15) is 13.2 Å². The topological polar surface area (TPSA) is 79.0 Å². The average molecular weight is 438 g/mol. The third kappa shape index (κ3) is 5.70. The van der Waals surface area contributed by atoms with Crippen molar-refractivity contribution in [3.05, 3.63) is 64.7 Å². The zero-order valence-corrected chi connectivity index (χ0v) is 17.7. The van der Waals surface area contributed by atoms with Crippen LogP contribution in [0.3, 0.4) is 0 Å². The fourth-order valence-electron chi connectivity index (χ4n) is 3.13. The normalized spacial score (nSPS) is 17.0. The molecule has 2 aromatic rings. The van der Waals surface area contributed by atoms with E-state index in [2.05, 4.69) is 5.32 Å². The second-order valence-electron chi connectivity index (χ2n) is 6.78. The Morgan fingerprint density at radius 1 is 1.10 bits per heavy atom. The zero-order chi connectivity index (χ0) is 20.9. The van der Waals surface area contributed by atoms with E-state index in [1.54, 1.807) is 19.2 Å². The molecule has 0 bridgehead atoms. The molecule has 3 rings (SSSR count). The number of hydrogen-bond acceptors (Lipinski definition) is 4. The highest BCUT2D eigenvalue weighted by Gasteiger charge is 2.34. The van der Waals surface area contributed by atoms with Crippen LogP contribution in [-0.2, 0) is 28.1 Å². The number of carbonyl (C=O) groups excluding carboxylic acids is 1. The molecule has 156 valence electrons. The van der Waals surface area contributed by atoms with E-state index in [1.807, 2.05) is 36.4 Å². The molecule has 0 aromatic heterocycles. The van der Waals surface area contributed by atoms with E-state index < -0.39 is 10.2 Å². The van der Waals surface area contributed by atoms with E-state index in [1.165, 1.54) is 8.61 Å². The van der Waals surface area contributed by atoms with E-state index in [-0.39, 0.29) is 19.0 Å². The fraction of sp³-hybridized carbons (Fsp3) is 0.350. The first-order valence-corrected chi connectivity index (χ1v) is 11.1. The minimum absolute atomic E-state index is 0.204. The summed E-state index contributed by atoms with van der Waals surface area (Å²) in [6, 6.07) is 14.4. The van der Waals surface area contributed by atoms with Gasteiger partial charge in [0.1, 0.15) is 5.75 Å². The number of nitrogens with one attached hydrogen (secondary N) is 1. The fourth-order valence-corrected chi connectivity index (χ4v) is 4.90. The molecule has 0 unspecified atom stereocenters. The van der Waals surface area contributed by atoms with Gasteiger partial charge in [0.25, 0.3) is 10.2 Å². The lowest BCUT2D eigenvalue weighted by Crippen LogP contribution is -2.52. The van der Waals surface area contributed by atoms with Crippen molar-refractivity contribution < 1.29 is 17.9 Å². The van der Waals surface area contributed by atoms with Crippen molar-refractivity contribution >= 4 is 27.7 Å². The van der Waals surface area contributed by atoms with Gasteiger partial charge in [0.2, 0.25) is 5.91 Å². The molecule has 1 saturated heterocycles. The maximum Gasteiger partial charge on any atom is 0.282 e. The third-order valence-electron chi connectivity index (χ3n) is 4.68. The van der Waals surface area contributed by atoms with E-state index in [0.29, 0.717) is 36.8 Å². The first kappa shape index (κ1) is 21.6. The number of carbonyl (C=O) groups is 1. The van der Waals surface area contributed by atoms with E-state index in [0.717, 1.165) is 11.1 Å². The van der Waals surface area contributed by atoms with Crippen LogP contribution in [0.4, 0.5) is 0 Å². The van der Waals surface area contributed by atoms with Gasteiger partial charge in [0, 0.05) is 31.2 Å². The first-order valence-electron chi connectivity index (χ1n) is 9.28. The summed E-state index contributed by atoms with van der Waals surface area (Å²) < 4.78 is 33.7. The Hall–Kier alpha value is -2.13. The van der Waals surface area contributed by atoms with Gasteiger partial charge in [-0.15, -0.1) is 0 Å². The summed E-state index contributed by atoms with van der Waals surface area (Å²) >= 11 is 5.85. The molecule has 1 heterocycles. The summed E-state index contributed by atoms with van der Waals surface area (Å²) in [5.41, 5.74) is 1.73. The van der Waals surface area contributed by atoms with Gasteiger partial charge in [-0.1, -0.05) is 35.9 Å². The molecular weight excluding hydrogens is 414 g/mol. The number of halogens is 1. The van der Waals surface area contributed by atoms with Crippen molar-refractivity contribution in [3.63, 3.8) is 0 Å². The number of benzene rings is 2. The van der Waals surface area contributed by atoms with Gasteiger partial charge in [-0.2, -0.15) is 17.0 Å². The van der Waals surface area contributed by atoms with Crippen molar-refractivity contribution in [2.75, 3.05) is 26.7 Å². The van der Waals surface area contributed by atoms with Gasteiger partial charge in [-0.05, 0) is 41.8 Å². The summed E-state index contributed by atoms with van der Waals surface area (Å²) in [7, 11) is -2.15. The maximum atomic E-state index is 12.9. The average Bonchev–Trinajstić information content (AvgIpc) is 2.71. The Morgan fingerprint density at radius 2 is 1.83 bits per heavy atom. The van der Waals surface area contributed by atoms with Gasteiger partial charge < -0.3 is 10.1 Å². The molecule has 1 aliphatic heterocycles. The van der Waals surface area contributed by atoms with Crippen molar-refractivity contribution in [1.82, 2.24) is 13.9 Å². The maximum absolute atomic E-state index is 12.9. The predicted octanol–water partition coefficient (Wildman–Crippen LogP) is 2.42. The third-order valence-corrected chi connectivity index (χ3v) is 6.86. The second kappa shape index (κ2) is 9.58. The molecule has 9 heteroatoms. The van der Waals surface area contributed by atoms with Crippen LogP contribution in [0.1, 0.15) is 17.5 Å². The Balaban J connectivity index is 1.60. The highest BCUT2D eigenvalue weighted by molar-refractivity contribution is 7.86. The first-order chi connectivity index (χ1) is 13.9. The summed E-state index contributed by atoms with van der Waals surface area (Å²) in [4.78, 5) is 12.3. The van der Waals surface area contributed by atoms with E-state index >= 15 is 0 Å². The smallest absolute Gasteiger partial charge is 0.282 e. The van der Waals surface area contributed by atoms with Crippen LogP contribution in [0.2, 0.25) is 5.02 Å². The quantitative estimate of drug-likeness (QED) is 0.721. The molecule has 0 aliphatic carbocycles. The van der Waals surface area contributed by atoms with Crippen molar-refractivity contribution in [1.29, 1.82) is 0 Å². The molecule has 29 heavy (non-hydrogen) atoms. The largest absolute Gasteiger partial charge is 0.497 e. The van der Waals surface area contributed by atoms with Crippen LogP contribution in [0.15, 0.2) is 48.5 Å². The van der Waals surface area contributed by atoms with Crippen molar-refractivity contribution in [2.24, 2.45) is 0 Å². The number of hydrogen-bond donors (Lipinski definition) is 1. The molecule has 0 spiro atoms. The number of rotatable bonds is 7. The summed E-state index contributed by atoms with van der Waals surface area (Å²) in [6.45, 7) is 1.10. The summed E-state index contributed by atoms with van der Waals surface area (Å²) in [5.74, 6) is 0.335. The molecule has 1 aliphatic rings. The highest BCUT2D eigenvalue weighted by atomic mass is 35.5. The Labute approximate surface area is 176 Å². The number of amides is 1. The lowest BCUT2D eigenvalue weighted by atomic mass is 10.2. The predicted molar refractivity (Wildman–Crippen MR) is 112 cm³/mol. The lowest BCUT2D eigenvalue weighted by Gasteiger charge is -2.34. The Kier molecular flexibility index (Phi) is 7.13. The van der Waals surface area contributed by atoms with Crippen LogP contribution in [0, 0.1) is 0 Å². The van der Waals surface area contributed by atoms with Gasteiger partial charge in [-0.3, -0.25) is 4.79 Å². The van der Waals surface area contributed by atoms with Gasteiger partial charge in [-0.25, -0.2) is 0 Å². The summed E-state index contributed by atoms with van der Waals surface area (Å²) in [6.07, 6.45) is 0.660. The van der Waals surface area contributed by atoms with Gasteiger partial charge in [0.05, 0.1) is 13.7 Å². The standard InChI is InChI=1S/C20H24ClN3O4S/c1-28-19-5-2-4-17(12-19)14-23-10-3-11-24(29(23,26)27)15-20(25)22-13-16-6-8-18(21)9-7-16/h2,4-9,12H,3,10-11,13-15H2,1H3,(H,22,25). The molecule has 7 nitrogen and oxygen atoms in total. The molecule has 0 saturated carbocycles. The minimum atomic E-state index is -3.72. The van der Waals surface area contributed by atoms with Gasteiger partial charge >= 0.3 is 0 Å². The molecule has 0 atom stereocenters. The lowest BCUT2D eigenvalue weighted by molar-refractivity contribution is -0.121. The van der Waals surface area contributed by atoms with Crippen LogP contribution in [0.25, 0.3) is 0 Å². The zero-order valence-electron chi connectivity index (χ0n) is 16.2. The summed E-state index contributed by atoms with van der Waals surface area (Å²) in [5, 5.41) is 3.38. The van der Waals surface area contributed by atoms with Crippen molar-refractivity contribution in [2.45, 2.75) is 19.5 Å². The molecule has 1 N–H and O–H groups in total. The SMILES string of the molecule is COc1cccc(CN2CCCN(CC(=O)NCc3ccc(Cl)cc3)S2(=O)=O)c1. The van der Waals surface area contributed by atoms with Crippen molar-refractivity contribution in [3.8, 4) is 5.75 Å². The minimum Gasteiger partial charge on any atom is -0.497 e. The highest BCUT2D eigenvalue weighted by Crippen LogP contribution is 2.21. The number of ether oxygens (including phenoxy) is 1. The number of methoxy groups -OCH3 is 1. The van der Waals surface area contributed by atoms with E-state index in [4.69, 9.17) is 16.3 Å². The van der Waals surface area contributed by atoms with Crippen LogP contribution >= 0.6 is 11.6 Å². The number of nitrogens with zero attached hydrogens (tertiary/aromatic N) is 2. The van der Waals surface area contributed by atoms with Crippen LogP contribution < -0.4 is 10.1 Å². The molecule has 1 fully saturated rings. The second-order valence-corrected chi connectivity index (χ2v) is 9.15. The van der Waals surface area contributed by atoms with Crippen LogP contribution in [0.5, 0.6) is 5.75 Å². The van der Waals surface area contributed by atoms with Gasteiger partial charge in [0.15, 0.2) is 0 Å². The molecule has 1 amide bonds. The molecular formula is C20H24ClN3O4S. The van der Waals surface area contributed by atoms with Crippen LogP contribution in [-0.4, -0.2) is 49.7 Å². The molecule has 0 radical (unpaired) electrons.